The molecule has 0 radical (unpaired) electrons. The molecule has 0 aliphatic rings. The maximum absolute atomic E-state index is 12.3. The minimum atomic E-state index is -0.508. The smallest absolute Gasteiger partial charge is 0.273 e. The zero-order chi connectivity index (χ0) is 15.8. The highest BCUT2D eigenvalue weighted by Gasteiger charge is 2.20. The fraction of sp³-hybridized carbons (Fsp3) is 0.429. The highest BCUT2D eigenvalue weighted by Crippen LogP contribution is 2.18. The Hall–Kier alpha value is -2.44. The van der Waals surface area contributed by atoms with Crippen LogP contribution in [0.4, 0.5) is 5.69 Å². The van der Waals surface area contributed by atoms with Gasteiger partial charge in [-0.25, -0.2) is 0 Å². The van der Waals surface area contributed by atoms with Gasteiger partial charge in [-0.3, -0.25) is 19.7 Å². The van der Waals surface area contributed by atoms with Gasteiger partial charge >= 0.3 is 0 Å². The van der Waals surface area contributed by atoms with Crippen LogP contribution in [0.1, 0.15) is 18.9 Å². The second-order valence-corrected chi connectivity index (χ2v) is 4.55. The number of carbonyl (C=O) groups is 2. The van der Waals surface area contributed by atoms with Crippen LogP contribution in [0.2, 0.25) is 0 Å². The summed E-state index contributed by atoms with van der Waals surface area (Å²) >= 11 is 0. The molecule has 0 aliphatic carbocycles. The number of hydrogen-bond acceptors (Lipinski definition) is 4. The summed E-state index contributed by atoms with van der Waals surface area (Å²) in [7, 11) is 1.50. The summed E-state index contributed by atoms with van der Waals surface area (Å²) in [6.45, 7) is 2.30. The Kier molecular flexibility index (Phi) is 6.32. The third-order valence-corrected chi connectivity index (χ3v) is 2.99. The predicted octanol–water partition coefficient (Wildman–Crippen LogP) is 1.12. The quantitative estimate of drug-likeness (QED) is 0.602. The summed E-state index contributed by atoms with van der Waals surface area (Å²) in [6, 6.07) is 6.13. The maximum atomic E-state index is 12.3. The Morgan fingerprint density at radius 1 is 1.33 bits per heavy atom. The molecule has 7 heteroatoms. The Bertz CT molecular complexity index is 531. The number of nitrogens with one attached hydrogen (secondary N) is 1. The number of rotatable bonds is 7. The van der Waals surface area contributed by atoms with Crippen LogP contribution in [-0.4, -0.2) is 41.8 Å². The van der Waals surface area contributed by atoms with Gasteiger partial charge in [0.2, 0.25) is 11.8 Å². The predicted molar refractivity (Wildman–Crippen MR) is 77.7 cm³/mol. The van der Waals surface area contributed by atoms with Gasteiger partial charge in [0.25, 0.3) is 5.69 Å². The minimum Gasteiger partial charge on any atom is -0.358 e. The molecular formula is C14H19N3O4. The molecule has 21 heavy (non-hydrogen) atoms. The van der Waals surface area contributed by atoms with E-state index in [1.54, 1.807) is 18.2 Å². The van der Waals surface area contributed by atoms with Gasteiger partial charge in [0.05, 0.1) is 17.9 Å². The van der Waals surface area contributed by atoms with Crippen LogP contribution in [0.3, 0.4) is 0 Å². The number of carbonyl (C=O) groups excluding carboxylic acids is 2. The van der Waals surface area contributed by atoms with Gasteiger partial charge in [-0.2, -0.15) is 0 Å². The standard InChI is InChI=1S/C14H19N3O4/c1-3-8-16(10-13(18)15-2)14(19)9-11-6-4-5-7-12(11)17(20)21/h4-7H,3,8-10H2,1-2H3,(H,15,18). The summed E-state index contributed by atoms with van der Waals surface area (Å²) in [6.07, 6.45) is 0.619. The molecule has 0 aromatic heterocycles. The van der Waals surface area contributed by atoms with Gasteiger partial charge in [0.1, 0.15) is 0 Å². The SMILES string of the molecule is CCCN(CC(=O)NC)C(=O)Cc1ccccc1[N+](=O)[O-]. The van der Waals surface area contributed by atoms with Crippen LogP contribution in [-0.2, 0) is 16.0 Å². The summed E-state index contributed by atoms with van der Waals surface area (Å²) in [5, 5.41) is 13.4. The number of nitro benzene ring substituents is 1. The van der Waals surface area contributed by atoms with Crippen LogP contribution in [0.5, 0.6) is 0 Å². The molecule has 0 unspecified atom stereocenters. The van der Waals surface area contributed by atoms with Crippen LogP contribution < -0.4 is 5.32 Å². The summed E-state index contributed by atoms with van der Waals surface area (Å²) in [5.74, 6) is -0.561. The van der Waals surface area contributed by atoms with Crippen molar-refractivity contribution in [2.75, 3.05) is 20.1 Å². The number of likely N-dealkylation sites (N-methyl/N-ethyl adjacent to an activating group) is 1. The number of nitro groups is 1. The van der Waals surface area contributed by atoms with Crippen molar-refractivity contribution >= 4 is 17.5 Å². The zero-order valence-electron chi connectivity index (χ0n) is 12.2. The van der Waals surface area contributed by atoms with Crippen LogP contribution in [0.25, 0.3) is 0 Å². The Balaban J connectivity index is 2.86. The van der Waals surface area contributed by atoms with Crippen molar-refractivity contribution in [3.63, 3.8) is 0 Å². The molecule has 0 atom stereocenters. The molecule has 0 saturated carbocycles. The van der Waals surface area contributed by atoms with Crippen molar-refractivity contribution in [2.45, 2.75) is 19.8 Å². The number of nitrogens with zero attached hydrogens (tertiary/aromatic N) is 2. The first-order chi connectivity index (χ1) is 9.99. The number of hydrogen-bond donors (Lipinski definition) is 1. The van der Waals surface area contributed by atoms with E-state index in [1.807, 2.05) is 6.92 Å². The van der Waals surface area contributed by atoms with Gasteiger partial charge in [0.15, 0.2) is 0 Å². The van der Waals surface area contributed by atoms with Crippen molar-refractivity contribution < 1.29 is 14.5 Å². The lowest BCUT2D eigenvalue weighted by atomic mass is 10.1. The molecule has 114 valence electrons. The van der Waals surface area contributed by atoms with E-state index in [-0.39, 0.29) is 30.5 Å². The van der Waals surface area contributed by atoms with Crippen molar-refractivity contribution in [1.29, 1.82) is 0 Å². The molecule has 0 heterocycles. The molecular weight excluding hydrogens is 274 g/mol. The van der Waals surface area contributed by atoms with Crippen LogP contribution >= 0.6 is 0 Å². The van der Waals surface area contributed by atoms with Crippen LogP contribution in [0, 0.1) is 10.1 Å². The average Bonchev–Trinajstić information content (AvgIpc) is 2.46. The zero-order valence-corrected chi connectivity index (χ0v) is 12.2. The van der Waals surface area contributed by atoms with E-state index < -0.39 is 4.92 Å². The monoisotopic (exact) mass is 293 g/mol. The molecule has 2 amide bonds. The summed E-state index contributed by atoms with van der Waals surface area (Å²) < 4.78 is 0. The highest BCUT2D eigenvalue weighted by atomic mass is 16.6. The van der Waals surface area contributed by atoms with E-state index in [9.17, 15) is 19.7 Å². The number of amides is 2. The molecule has 0 saturated heterocycles. The fourth-order valence-electron chi connectivity index (χ4n) is 1.93. The molecule has 0 aliphatic heterocycles. The first-order valence-corrected chi connectivity index (χ1v) is 6.70. The molecule has 1 N–H and O–H groups in total. The Morgan fingerprint density at radius 2 is 2.00 bits per heavy atom. The fourth-order valence-corrected chi connectivity index (χ4v) is 1.93. The second kappa shape index (κ2) is 7.98. The maximum Gasteiger partial charge on any atom is 0.273 e. The van der Waals surface area contributed by atoms with Gasteiger partial charge in [-0.15, -0.1) is 0 Å². The first-order valence-electron chi connectivity index (χ1n) is 6.70. The minimum absolute atomic E-state index is 0.0379. The lowest BCUT2D eigenvalue weighted by Crippen LogP contribution is -2.40. The van der Waals surface area contributed by atoms with Gasteiger partial charge in [-0.05, 0) is 6.42 Å². The van der Waals surface area contributed by atoms with E-state index in [4.69, 9.17) is 0 Å². The van der Waals surface area contributed by atoms with E-state index in [0.29, 0.717) is 18.5 Å². The molecule has 0 fully saturated rings. The van der Waals surface area contributed by atoms with Gasteiger partial charge in [-0.1, -0.05) is 25.1 Å². The topological polar surface area (TPSA) is 92.6 Å². The normalized spacial score (nSPS) is 10.0. The molecule has 7 nitrogen and oxygen atoms in total. The van der Waals surface area contributed by atoms with E-state index in [1.165, 1.54) is 18.0 Å². The Morgan fingerprint density at radius 3 is 2.57 bits per heavy atom. The lowest BCUT2D eigenvalue weighted by molar-refractivity contribution is -0.385. The molecule has 1 aromatic rings. The third-order valence-electron chi connectivity index (χ3n) is 2.99. The lowest BCUT2D eigenvalue weighted by Gasteiger charge is -2.21. The second-order valence-electron chi connectivity index (χ2n) is 4.55. The van der Waals surface area contributed by atoms with Crippen molar-refractivity contribution in [1.82, 2.24) is 10.2 Å². The number of benzene rings is 1. The van der Waals surface area contributed by atoms with E-state index in [0.717, 1.165) is 0 Å². The summed E-state index contributed by atoms with van der Waals surface area (Å²) in [5.41, 5.74) is 0.271. The summed E-state index contributed by atoms with van der Waals surface area (Å²) in [4.78, 5) is 35.5. The Labute approximate surface area is 123 Å². The van der Waals surface area contributed by atoms with Gasteiger partial charge < -0.3 is 10.2 Å². The van der Waals surface area contributed by atoms with Crippen LogP contribution in [0.15, 0.2) is 24.3 Å². The molecule has 0 bridgehead atoms. The van der Waals surface area contributed by atoms with Crippen molar-refractivity contribution in [3.8, 4) is 0 Å². The molecule has 1 aromatic carbocycles. The first kappa shape index (κ1) is 16.6. The number of para-hydroxylation sites is 1. The molecule has 1 rings (SSSR count). The highest BCUT2D eigenvalue weighted by molar-refractivity contribution is 5.86. The van der Waals surface area contributed by atoms with Crippen molar-refractivity contribution in [3.05, 3.63) is 39.9 Å². The van der Waals surface area contributed by atoms with Crippen molar-refractivity contribution in [2.24, 2.45) is 0 Å². The van der Waals surface area contributed by atoms with Gasteiger partial charge in [0, 0.05) is 25.2 Å². The van der Waals surface area contributed by atoms with E-state index >= 15 is 0 Å². The molecule has 0 spiro atoms. The average molecular weight is 293 g/mol. The third kappa shape index (κ3) is 4.87. The largest absolute Gasteiger partial charge is 0.358 e. The van der Waals surface area contributed by atoms with E-state index in [2.05, 4.69) is 5.32 Å².